The number of hydrogen-bond acceptors (Lipinski definition) is 4. The Bertz CT molecular complexity index is 780. The number of hydrogen-bond donors (Lipinski definition) is 0. The molecule has 4 nitrogen and oxygen atoms in total. The van der Waals surface area contributed by atoms with Crippen molar-refractivity contribution in [1.29, 1.82) is 0 Å². The van der Waals surface area contributed by atoms with Gasteiger partial charge in [-0.1, -0.05) is 42.0 Å². The molecule has 0 unspecified atom stereocenters. The van der Waals surface area contributed by atoms with Crippen molar-refractivity contribution in [2.45, 2.75) is 19.8 Å². The van der Waals surface area contributed by atoms with Crippen LogP contribution in [0.2, 0.25) is 0 Å². The molecule has 1 saturated heterocycles. The third kappa shape index (κ3) is 3.43. The maximum atomic E-state index is 13.2. The molecular formula is C20H21NO3S. The van der Waals surface area contributed by atoms with Gasteiger partial charge < -0.3 is 0 Å². The number of hydroxylamine groups is 2. The van der Waals surface area contributed by atoms with Crippen LogP contribution in [0.4, 0.5) is 0 Å². The lowest BCUT2D eigenvalue weighted by atomic mass is 9.76. The molecule has 1 aliphatic heterocycles. The van der Waals surface area contributed by atoms with Gasteiger partial charge >= 0.3 is 0 Å². The molecule has 0 spiro atoms. The lowest BCUT2D eigenvalue weighted by molar-refractivity contribution is -0.171. The van der Waals surface area contributed by atoms with E-state index in [1.165, 1.54) is 12.2 Å². The maximum Gasteiger partial charge on any atom is 0.260 e. The van der Waals surface area contributed by atoms with Crippen molar-refractivity contribution >= 4 is 29.1 Å². The first-order valence-electron chi connectivity index (χ1n) is 8.23. The van der Waals surface area contributed by atoms with Crippen molar-refractivity contribution < 1.29 is 14.4 Å². The Balaban J connectivity index is 1.90. The zero-order chi connectivity index (χ0) is 17.9. The first-order chi connectivity index (χ1) is 12.1. The summed E-state index contributed by atoms with van der Waals surface area (Å²) in [5, 5.41) is 5.33. The molecule has 2 aromatic rings. The molecule has 0 aliphatic carbocycles. The standard InChI is InChI=1S/C20H21NO3S/c1-15-5-7-17(8-6-15)18(22)20(11-12-21(24-2)19(20)23)10-3-4-16-9-13-25-14-16/h3-9,13-14H,10-12H2,1-2H3/b4-3+/t20-/m0/s1. The van der Waals surface area contributed by atoms with E-state index >= 15 is 0 Å². The number of ketones is 1. The van der Waals surface area contributed by atoms with Crippen LogP contribution < -0.4 is 0 Å². The molecule has 2 heterocycles. The summed E-state index contributed by atoms with van der Waals surface area (Å²) in [7, 11) is 1.46. The van der Waals surface area contributed by atoms with Gasteiger partial charge in [-0.3, -0.25) is 14.4 Å². The summed E-state index contributed by atoms with van der Waals surface area (Å²) in [5.74, 6) is -0.387. The van der Waals surface area contributed by atoms with Gasteiger partial charge in [0.2, 0.25) is 0 Å². The van der Waals surface area contributed by atoms with Crippen molar-refractivity contribution in [2.24, 2.45) is 5.41 Å². The number of aryl methyl sites for hydroxylation is 1. The van der Waals surface area contributed by atoms with Gasteiger partial charge in [-0.2, -0.15) is 11.3 Å². The van der Waals surface area contributed by atoms with Crippen LogP contribution >= 0.6 is 11.3 Å². The molecule has 0 N–H and O–H groups in total. The topological polar surface area (TPSA) is 46.6 Å². The molecule has 1 aliphatic rings. The van der Waals surface area contributed by atoms with E-state index in [-0.39, 0.29) is 11.7 Å². The summed E-state index contributed by atoms with van der Waals surface area (Å²) in [6.45, 7) is 2.40. The predicted octanol–water partition coefficient (Wildman–Crippen LogP) is 4.12. The molecule has 1 atom stereocenters. The molecular weight excluding hydrogens is 334 g/mol. The van der Waals surface area contributed by atoms with Crippen LogP contribution in [0, 0.1) is 12.3 Å². The van der Waals surface area contributed by atoms with E-state index in [4.69, 9.17) is 4.84 Å². The second kappa shape index (κ2) is 7.33. The fraction of sp³-hybridized carbons (Fsp3) is 0.300. The zero-order valence-corrected chi connectivity index (χ0v) is 15.2. The normalized spacial score (nSPS) is 20.6. The highest BCUT2D eigenvalue weighted by Crippen LogP contribution is 2.39. The Kier molecular flexibility index (Phi) is 5.16. The minimum absolute atomic E-state index is 0.132. The minimum Gasteiger partial charge on any atom is -0.293 e. The van der Waals surface area contributed by atoms with Crippen molar-refractivity contribution in [3.63, 3.8) is 0 Å². The van der Waals surface area contributed by atoms with E-state index in [2.05, 4.69) is 0 Å². The van der Waals surface area contributed by atoms with Gasteiger partial charge in [0.05, 0.1) is 13.7 Å². The Labute approximate surface area is 151 Å². The first-order valence-corrected chi connectivity index (χ1v) is 9.17. The van der Waals surface area contributed by atoms with E-state index in [1.807, 2.05) is 48.0 Å². The maximum absolute atomic E-state index is 13.2. The Morgan fingerprint density at radius 2 is 2.08 bits per heavy atom. The number of amides is 1. The molecule has 0 radical (unpaired) electrons. The van der Waals surface area contributed by atoms with Gasteiger partial charge in [-0.25, -0.2) is 5.06 Å². The van der Waals surface area contributed by atoms with Crippen LogP contribution in [0.1, 0.15) is 34.3 Å². The molecule has 0 bridgehead atoms. The van der Waals surface area contributed by atoms with E-state index in [0.717, 1.165) is 11.1 Å². The predicted molar refractivity (Wildman–Crippen MR) is 99.3 cm³/mol. The van der Waals surface area contributed by atoms with Crippen molar-refractivity contribution in [3.05, 3.63) is 63.9 Å². The number of carbonyl (C=O) groups excluding carboxylic acids is 2. The highest BCUT2D eigenvalue weighted by molar-refractivity contribution is 7.08. The van der Waals surface area contributed by atoms with Crippen LogP contribution in [0.15, 0.2) is 47.2 Å². The third-order valence-corrected chi connectivity index (χ3v) is 5.37. The molecule has 1 aromatic carbocycles. The third-order valence-electron chi connectivity index (χ3n) is 4.67. The number of thiophene rings is 1. The van der Waals surface area contributed by atoms with E-state index in [9.17, 15) is 9.59 Å². The summed E-state index contributed by atoms with van der Waals surface area (Å²) in [6, 6.07) is 9.40. The number of nitrogens with zero attached hydrogens (tertiary/aromatic N) is 1. The molecule has 25 heavy (non-hydrogen) atoms. The van der Waals surface area contributed by atoms with E-state index in [1.54, 1.807) is 23.5 Å². The van der Waals surface area contributed by atoms with Crippen LogP contribution in [0.5, 0.6) is 0 Å². The summed E-state index contributed by atoms with van der Waals surface area (Å²) < 4.78 is 0. The fourth-order valence-electron chi connectivity index (χ4n) is 3.15. The van der Waals surface area contributed by atoms with Crippen LogP contribution in [0.25, 0.3) is 6.08 Å². The Morgan fingerprint density at radius 1 is 1.32 bits per heavy atom. The van der Waals surface area contributed by atoms with Gasteiger partial charge in [0, 0.05) is 5.56 Å². The zero-order valence-electron chi connectivity index (χ0n) is 14.4. The van der Waals surface area contributed by atoms with Gasteiger partial charge in [-0.15, -0.1) is 0 Å². The van der Waals surface area contributed by atoms with Crippen molar-refractivity contribution in [2.75, 3.05) is 13.7 Å². The molecule has 3 rings (SSSR count). The monoisotopic (exact) mass is 355 g/mol. The molecule has 1 amide bonds. The van der Waals surface area contributed by atoms with Gasteiger partial charge in [0.25, 0.3) is 5.91 Å². The highest BCUT2D eigenvalue weighted by Gasteiger charge is 2.52. The second-order valence-electron chi connectivity index (χ2n) is 6.28. The summed E-state index contributed by atoms with van der Waals surface area (Å²) in [5.41, 5.74) is 1.65. The highest BCUT2D eigenvalue weighted by atomic mass is 32.1. The minimum atomic E-state index is -1.09. The Morgan fingerprint density at radius 3 is 2.68 bits per heavy atom. The lowest BCUT2D eigenvalue weighted by Gasteiger charge is -2.24. The molecule has 1 aromatic heterocycles. The number of carbonyl (C=O) groups is 2. The molecule has 1 fully saturated rings. The summed E-state index contributed by atoms with van der Waals surface area (Å²) >= 11 is 1.62. The quantitative estimate of drug-likeness (QED) is 0.578. The van der Waals surface area contributed by atoms with Crippen molar-refractivity contribution in [3.8, 4) is 0 Å². The molecule has 0 saturated carbocycles. The number of benzene rings is 1. The van der Waals surface area contributed by atoms with Gasteiger partial charge in [0.15, 0.2) is 5.78 Å². The van der Waals surface area contributed by atoms with Crippen LogP contribution in [-0.4, -0.2) is 30.4 Å². The first kappa shape index (κ1) is 17.6. The number of rotatable bonds is 6. The van der Waals surface area contributed by atoms with Gasteiger partial charge in [0.1, 0.15) is 5.41 Å². The SMILES string of the molecule is CON1CC[C@@](C/C=C/c2ccsc2)(C(=O)c2ccc(C)cc2)C1=O. The molecule has 5 heteroatoms. The summed E-state index contributed by atoms with van der Waals surface area (Å²) in [6.07, 6.45) is 4.71. The van der Waals surface area contributed by atoms with E-state index < -0.39 is 5.41 Å². The van der Waals surface area contributed by atoms with Crippen LogP contribution in [-0.2, 0) is 9.63 Å². The van der Waals surface area contributed by atoms with Gasteiger partial charge in [-0.05, 0) is 42.2 Å². The average molecular weight is 355 g/mol. The molecule has 130 valence electrons. The summed E-state index contributed by atoms with van der Waals surface area (Å²) in [4.78, 5) is 31.2. The number of allylic oxidation sites excluding steroid dienone is 1. The number of Topliss-reactive ketones (excluding diaryl/α,β-unsaturated/α-hetero) is 1. The second-order valence-corrected chi connectivity index (χ2v) is 7.06. The Hall–Kier alpha value is -2.24. The largest absolute Gasteiger partial charge is 0.293 e. The van der Waals surface area contributed by atoms with E-state index in [0.29, 0.717) is 24.9 Å². The fourth-order valence-corrected chi connectivity index (χ4v) is 3.78. The lowest BCUT2D eigenvalue weighted by Crippen LogP contribution is -2.40. The average Bonchev–Trinajstić information content (AvgIpc) is 3.24. The smallest absolute Gasteiger partial charge is 0.260 e. The van der Waals surface area contributed by atoms with Crippen molar-refractivity contribution in [1.82, 2.24) is 5.06 Å². The van der Waals surface area contributed by atoms with Crippen LogP contribution in [0.3, 0.4) is 0 Å².